The Hall–Kier alpha value is -3.07. The number of furan rings is 1. The minimum Gasteiger partial charge on any atom is -0.467 e. The number of nitrogens with zero attached hydrogens (tertiary/aromatic N) is 2. The van der Waals surface area contributed by atoms with Crippen molar-refractivity contribution in [3.05, 3.63) is 72.2 Å². The van der Waals surface area contributed by atoms with Gasteiger partial charge in [0.05, 0.1) is 24.5 Å². The number of halogens is 3. The van der Waals surface area contributed by atoms with Crippen LogP contribution in [-0.4, -0.2) is 54.0 Å². The number of rotatable bonds is 9. The molecule has 0 bridgehead atoms. The van der Waals surface area contributed by atoms with Crippen LogP contribution in [0, 0.1) is 0 Å². The fraction of sp³-hybridized carbons (Fsp3) is 0.391. The second kappa shape index (κ2) is 10.5. The molecule has 0 aliphatic carbocycles. The molecule has 2 heterocycles. The first-order valence-corrected chi connectivity index (χ1v) is 10.3. The zero-order valence-electron chi connectivity index (χ0n) is 17.5. The molecule has 1 unspecified atom stereocenters. The average Bonchev–Trinajstić information content (AvgIpc) is 3.46. The van der Waals surface area contributed by atoms with Gasteiger partial charge in [0.25, 0.3) is 5.91 Å². The van der Waals surface area contributed by atoms with E-state index >= 15 is 0 Å². The van der Waals surface area contributed by atoms with Crippen LogP contribution in [0.2, 0.25) is 0 Å². The molecular formula is C23H25F3N2O4. The van der Waals surface area contributed by atoms with Crippen LogP contribution in [-0.2, 0) is 22.3 Å². The van der Waals surface area contributed by atoms with Gasteiger partial charge in [0.15, 0.2) is 0 Å². The molecular weight excluding hydrogens is 425 g/mol. The molecule has 2 aromatic rings. The highest BCUT2D eigenvalue weighted by molar-refractivity contribution is 5.96. The van der Waals surface area contributed by atoms with E-state index in [9.17, 15) is 22.8 Å². The van der Waals surface area contributed by atoms with Gasteiger partial charge in [-0.25, -0.2) is 0 Å². The third-order valence-corrected chi connectivity index (χ3v) is 5.15. The third-order valence-electron chi connectivity index (χ3n) is 5.15. The Kier molecular flexibility index (Phi) is 7.74. The second-order valence-electron chi connectivity index (χ2n) is 7.54. The molecule has 0 N–H and O–H groups in total. The van der Waals surface area contributed by atoms with E-state index in [2.05, 4.69) is 6.58 Å². The van der Waals surface area contributed by atoms with Crippen LogP contribution in [0.15, 0.2) is 59.7 Å². The number of hydrogen-bond donors (Lipinski definition) is 0. The number of carbonyl (C=O) groups excluding carboxylic acids is 2. The number of hydrogen-bond acceptors (Lipinski definition) is 4. The van der Waals surface area contributed by atoms with Crippen molar-refractivity contribution in [1.82, 2.24) is 9.80 Å². The Morgan fingerprint density at radius 1 is 1.16 bits per heavy atom. The molecule has 1 aromatic carbocycles. The highest BCUT2D eigenvalue weighted by Gasteiger charge is 2.31. The molecule has 1 aromatic heterocycles. The van der Waals surface area contributed by atoms with Gasteiger partial charge in [0.1, 0.15) is 12.3 Å². The minimum atomic E-state index is -4.49. The van der Waals surface area contributed by atoms with Gasteiger partial charge in [-0.3, -0.25) is 9.59 Å². The van der Waals surface area contributed by atoms with Gasteiger partial charge < -0.3 is 19.0 Å². The van der Waals surface area contributed by atoms with Gasteiger partial charge >= 0.3 is 6.18 Å². The van der Waals surface area contributed by atoms with Crippen LogP contribution in [0.25, 0.3) is 0 Å². The normalized spacial score (nSPS) is 16.0. The first kappa shape index (κ1) is 23.6. The fourth-order valence-corrected chi connectivity index (χ4v) is 3.50. The van der Waals surface area contributed by atoms with Crippen LogP contribution < -0.4 is 0 Å². The maximum Gasteiger partial charge on any atom is 0.416 e. The lowest BCUT2D eigenvalue weighted by molar-refractivity contribution is -0.137. The highest BCUT2D eigenvalue weighted by Crippen LogP contribution is 2.29. The van der Waals surface area contributed by atoms with Gasteiger partial charge in [-0.2, -0.15) is 13.2 Å². The molecule has 2 amide bonds. The van der Waals surface area contributed by atoms with Crippen LogP contribution in [0.1, 0.15) is 34.5 Å². The largest absolute Gasteiger partial charge is 0.467 e. The van der Waals surface area contributed by atoms with Crippen molar-refractivity contribution < 1.29 is 31.9 Å². The molecule has 9 heteroatoms. The smallest absolute Gasteiger partial charge is 0.416 e. The molecule has 172 valence electrons. The monoisotopic (exact) mass is 450 g/mol. The molecule has 32 heavy (non-hydrogen) atoms. The quantitative estimate of drug-likeness (QED) is 0.539. The molecule has 0 spiro atoms. The number of amides is 2. The summed E-state index contributed by atoms with van der Waals surface area (Å²) in [7, 11) is 0. The highest BCUT2D eigenvalue weighted by atomic mass is 19.4. The molecule has 1 atom stereocenters. The van der Waals surface area contributed by atoms with Gasteiger partial charge in [-0.1, -0.05) is 6.08 Å². The lowest BCUT2D eigenvalue weighted by Gasteiger charge is -2.28. The summed E-state index contributed by atoms with van der Waals surface area (Å²) in [6, 6.07) is 7.40. The first-order valence-electron chi connectivity index (χ1n) is 10.3. The number of ether oxygens (including phenoxy) is 1. The molecule has 0 saturated carbocycles. The summed E-state index contributed by atoms with van der Waals surface area (Å²) in [6.45, 7) is 4.66. The van der Waals surface area contributed by atoms with E-state index in [1.54, 1.807) is 17.0 Å². The minimum absolute atomic E-state index is 0.0596. The van der Waals surface area contributed by atoms with Crippen molar-refractivity contribution in [2.24, 2.45) is 0 Å². The molecule has 6 nitrogen and oxygen atoms in total. The van der Waals surface area contributed by atoms with Gasteiger partial charge in [-0.05, 0) is 49.2 Å². The average molecular weight is 450 g/mol. The summed E-state index contributed by atoms with van der Waals surface area (Å²) in [6.07, 6.45) is 0.152. The van der Waals surface area contributed by atoms with Crippen molar-refractivity contribution in [2.75, 3.05) is 26.2 Å². The van der Waals surface area contributed by atoms with E-state index in [1.165, 1.54) is 17.2 Å². The standard InChI is InChI=1S/C23H25F3N2O4/c1-2-11-27(22(30)17-7-9-18(10-8-17)23(24,25)26)16-21(29)28(14-19-5-3-12-31-19)15-20-6-4-13-32-20/h2-3,5,7-10,12,20H,1,4,6,11,13-16H2. The van der Waals surface area contributed by atoms with Crippen molar-refractivity contribution in [3.8, 4) is 0 Å². The lowest BCUT2D eigenvalue weighted by Crippen LogP contribution is -2.45. The van der Waals surface area contributed by atoms with E-state index in [0.29, 0.717) is 18.9 Å². The fourth-order valence-electron chi connectivity index (χ4n) is 3.50. The Morgan fingerprint density at radius 2 is 1.91 bits per heavy atom. The zero-order chi connectivity index (χ0) is 23.1. The Bertz CT molecular complexity index is 904. The van der Waals surface area contributed by atoms with Gasteiger partial charge in [0.2, 0.25) is 5.91 Å². The summed E-state index contributed by atoms with van der Waals surface area (Å²) in [5.41, 5.74) is -0.786. The SMILES string of the molecule is C=CCN(CC(=O)N(Cc1ccco1)CC1CCCO1)C(=O)c1ccc(C(F)(F)F)cc1. The van der Waals surface area contributed by atoms with E-state index in [1.807, 2.05) is 0 Å². The van der Waals surface area contributed by atoms with E-state index in [4.69, 9.17) is 9.15 Å². The number of carbonyl (C=O) groups is 2. The topological polar surface area (TPSA) is 63.0 Å². The summed E-state index contributed by atoms with van der Waals surface area (Å²) >= 11 is 0. The molecule has 1 fully saturated rings. The van der Waals surface area contributed by atoms with Crippen LogP contribution in [0.3, 0.4) is 0 Å². The third kappa shape index (κ3) is 6.23. The van der Waals surface area contributed by atoms with E-state index in [0.717, 1.165) is 37.1 Å². The van der Waals surface area contributed by atoms with Crippen LogP contribution in [0.4, 0.5) is 13.2 Å². The predicted molar refractivity (Wildman–Crippen MR) is 111 cm³/mol. The zero-order valence-corrected chi connectivity index (χ0v) is 17.5. The van der Waals surface area contributed by atoms with Crippen molar-refractivity contribution in [2.45, 2.75) is 31.7 Å². The van der Waals surface area contributed by atoms with Crippen molar-refractivity contribution >= 4 is 11.8 Å². The lowest BCUT2D eigenvalue weighted by atomic mass is 10.1. The Labute approximate surface area is 184 Å². The molecule has 1 aliphatic heterocycles. The van der Waals surface area contributed by atoms with Crippen molar-refractivity contribution in [3.63, 3.8) is 0 Å². The first-order chi connectivity index (χ1) is 15.3. The van der Waals surface area contributed by atoms with Crippen LogP contribution >= 0.6 is 0 Å². The maximum absolute atomic E-state index is 13.1. The van der Waals surface area contributed by atoms with Crippen molar-refractivity contribution in [1.29, 1.82) is 0 Å². The molecule has 3 rings (SSSR count). The summed E-state index contributed by atoms with van der Waals surface area (Å²) in [4.78, 5) is 28.8. The second-order valence-corrected chi connectivity index (χ2v) is 7.54. The van der Waals surface area contributed by atoms with Crippen LogP contribution in [0.5, 0.6) is 0 Å². The Morgan fingerprint density at radius 3 is 2.47 bits per heavy atom. The number of alkyl halides is 3. The maximum atomic E-state index is 13.1. The molecule has 0 radical (unpaired) electrons. The Balaban J connectivity index is 1.73. The molecule has 1 saturated heterocycles. The molecule has 1 aliphatic rings. The summed E-state index contributed by atoms with van der Waals surface area (Å²) in [5.74, 6) is -0.276. The van der Waals surface area contributed by atoms with Gasteiger partial charge in [0, 0.05) is 25.3 Å². The van der Waals surface area contributed by atoms with Gasteiger partial charge in [-0.15, -0.1) is 6.58 Å². The van der Waals surface area contributed by atoms with E-state index < -0.39 is 17.6 Å². The number of benzene rings is 1. The van der Waals surface area contributed by atoms with E-state index in [-0.39, 0.29) is 37.2 Å². The summed E-state index contributed by atoms with van der Waals surface area (Å²) in [5, 5.41) is 0. The predicted octanol–water partition coefficient (Wildman–Crippen LogP) is 4.13. The summed E-state index contributed by atoms with van der Waals surface area (Å²) < 4.78 is 49.4.